The van der Waals surface area contributed by atoms with Crippen LogP contribution in [-0.2, 0) is 0 Å². The van der Waals surface area contributed by atoms with Gasteiger partial charge in [-0.3, -0.25) is 14.7 Å². The Morgan fingerprint density at radius 2 is 1.71 bits per heavy atom. The molecule has 3 aromatic rings. The lowest BCUT2D eigenvalue weighted by atomic mass is 10.1. The summed E-state index contributed by atoms with van der Waals surface area (Å²) in [5, 5.41) is 2.84. The number of para-hydroxylation sites is 2. The summed E-state index contributed by atoms with van der Waals surface area (Å²) in [7, 11) is -1.87. The summed E-state index contributed by atoms with van der Waals surface area (Å²) >= 11 is 0. The van der Waals surface area contributed by atoms with Crippen LogP contribution in [0, 0.1) is 0 Å². The molecular weight excluding hydrogens is 370 g/mol. The number of aromatic nitrogens is 2. The highest BCUT2D eigenvalue weighted by molar-refractivity contribution is 6.70. The SMILES string of the molecule is C[Si](C)(C)Oc1ccccc1C(=O)/C=C\c1c(N)[nH]n(-c2ccccc2)c1=O. The van der Waals surface area contributed by atoms with Gasteiger partial charge in [-0.2, -0.15) is 0 Å². The maximum Gasteiger partial charge on any atom is 0.280 e. The highest BCUT2D eigenvalue weighted by atomic mass is 28.4. The topological polar surface area (TPSA) is 90.1 Å². The molecule has 0 saturated heterocycles. The van der Waals surface area contributed by atoms with E-state index in [-0.39, 0.29) is 22.7 Å². The summed E-state index contributed by atoms with van der Waals surface area (Å²) in [6.45, 7) is 6.16. The van der Waals surface area contributed by atoms with Crippen molar-refractivity contribution in [3.63, 3.8) is 0 Å². The first-order valence-corrected chi connectivity index (χ1v) is 12.3. The maximum absolute atomic E-state index is 12.7. The van der Waals surface area contributed by atoms with Crippen LogP contribution >= 0.6 is 0 Å². The second-order valence-corrected chi connectivity index (χ2v) is 11.8. The monoisotopic (exact) mass is 393 g/mol. The van der Waals surface area contributed by atoms with E-state index in [2.05, 4.69) is 24.7 Å². The standard InChI is InChI=1S/C21H23N3O3Si/c1-28(2,3)27-19-12-8-7-11-16(19)18(25)14-13-17-20(22)23-24(21(17)26)15-9-5-4-6-10-15/h4-14,23H,22H2,1-3H3/b14-13-. The summed E-state index contributed by atoms with van der Waals surface area (Å²) in [6, 6.07) is 16.2. The molecule has 0 saturated carbocycles. The minimum Gasteiger partial charge on any atom is -0.544 e. The third kappa shape index (κ3) is 4.32. The van der Waals surface area contributed by atoms with Crippen LogP contribution < -0.4 is 15.7 Å². The molecule has 0 unspecified atom stereocenters. The van der Waals surface area contributed by atoms with E-state index in [1.165, 1.54) is 16.8 Å². The van der Waals surface area contributed by atoms with Gasteiger partial charge < -0.3 is 10.2 Å². The minimum atomic E-state index is -1.87. The quantitative estimate of drug-likeness (QED) is 0.378. The molecule has 28 heavy (non-hydrogen) atoms. The second-order valence-electron chi connectivity index (χ2n) is 7.32. The number of nitrogens with zero attached hydrogens (tertiary/aromatic N) is 1. The fraction of sp³-hybridized carbons (Fsp3) is 0.143. The van der Waals surface area contributed by atoms with E-state index in [1.54, 1.807) is 30.3 Å². The van der Waals surface area contributed by atoms with Crippen molar-refractivity contribution < 1.29 is 9.22 Å². The van der Waals surface area contributed by atoms with Crippen molar-refractivity contribution in [3.05, 3.63) is 82.2 Å². The number of ketones is 1. The predicted molar refractivity (Wildman–Crippen MR) is 115 cm³/mol. The van der Waals surface area contributed by atoms with Gasteiger partial charge in [-0.25, -0.2) is 4.68 Å². The molecule has 0 bridgehead atoms. The second kappa shape index (κ2) is 7.73. The molecule has 0 fully saturated rings. The first kappa shape index (κ1) is 19.4. The van der Waals surface area contributed by atoms with E-state index < -0.39 is 8.32 Å². The van der Waals surface area contributed by atoms with E-state index in [4.69, 9.17) is 10.2 Å². The zero-order chi connectivity index (χ0) is 20.3. The van der Waals surface area contributed by atoms with Gasteiger partial charge in [0.05, 0.1) is 16.8 Å². The molecule has 0 amide bonds. The number of carbonyl (C=O) groups excluding carboxylic acids is 1. The van der Waals surface area contributed by atoms with Gasteiger partial charge in [-0.1, -0.05) is 30.3 Å². The summed E-state index contributed by atoms with van der Waals surface area (Å²) in [6.07, 6.45) is 2.80. The first-order valence-electron chi connectivity index (χ1n) is 8.92. The summed E-state index contributed by atoms with van der Waals surface area (Å²) in [4.78, 5) is 25.4. The average molecular weight is 394 g/mol. The Bertz CT molecular complexity index is 1080. The summed E-state index contributed by atoms with van der Waals surface area (Å²) in [5.41, 5.74) is 7.00. The number of nitrogens with one attached hydrogen (secondary N) is 1. The molecule has 0 atom stereocenters. The lowest BCUT2D eigenvalue weighted by molar-refractivity contribution is 0.104. The normalized spacial score (nSPS) is 11.7. The third-order valence-electron chi connectivity index (χ3n) is 3.94. The molecule has 0 radical (unpaired) electrons. The van der Waals surface area contributed by atoms with Crippen LogP contribution in [0.3, 0.4) is 0 Å². The van der Waals surface area contributed by atoms with Crippen LogP contribution in [0.5, 0.6) is 5.75 Å². The van der Waals surface area contributed by atoms with Crippen LogP contribution in [0.15, 0.2) is 65.5 Å². The van der Waals surface area contributed by atoms with E-state index in [0.29, 0.717) is 17.0 Å². The van der Waals surface area contributed by atoms with Crippen LogP contribution in [-0.4, -0.2) is 23.9 Å². The number of nitrogens with two attached hydrogens (primary N) is 1. The lowest BCUT2D eigenvalue weighted by Crippen LogP contribution is -2.30. The molecule has 1 aromatic heterocycles. The molecule has 144 valence electrons. The van der Waals surface area contributed by atoms with Gasteiger partial charge in [0.2, 0.25) is 8.32 Å². The Morgan fingerprint density at radius 1 is 1.07 bits per heavy atom. The average Bonchev–Trinajstić information content (AvgIpc) is 2.93. The zero-order valence-corrected chi connectivity index (χ0v) is 17.1. The highest BCUT2D eigenvalue weighted by Crippen LogP contribution is 2.23. The van der Waals surface area contributed by atoms with Gasteiger partial charge >= 0.3 is 0 Å². The number of aromatic amines is 1. The number of hydrogen-bond donors (Lipinski definition) is 2. The molecule has 0 aliphatic rings. The van der Waals surface area contributed by atoms with Crippen molar-refractivity contribution in [2.45, 2.75) is 19.6 Å². The number of rotatable bonds is 6. The number of H-pyrrole nitrogens is 1. The number of nitrogen functional groups attached to an aromatic ring is 1. The Kier molecular flexibility index (Phi) is 5.37. The molecule has 0 spiro atoms. The molecular formula is C21H23N3O3Si. The largest absolute Gasteiger partial charge is 0.544 e. The first-order chi connectivity index (χ1) is 13.3. The Hall–Kier alpha value is -3.32. The van der Waals surface area contributed by atoms with Gasteiger partial charge in [0.1, 0.15) is 11.6 Å². The van der Waals surface area contributed by atoms with Crippen molar-refractivity contribution in [3.8, 4) is 11.4 Å². The van der Waals surface area contributed by atoms with E-state index in [1.807, 2.05) is 24.3 Å². The van der Waals surface area contributed by atoms with E-state index >= 15 is 0 Å². The molecule has 2 aromatic carbocycles. The molecule has 7 heteroatoms. The Balaban J connectivity index is 1.91. The van der Waals surface area contributed by atoms with Crippen molar-refractivity contribution in [2.24, 2.45) is 0 Å². The van der Waals surface area contributed by atoms with Crippen molar-refractivity contribution in [2.75, 3.05) is 5.73 Å². The van der Waals surface area contributed by atoms with Gasteiger partial charge in [0, 0.05) is 0 Å². The fourth-order valence-corrected chi connectivity index (χ4v) is 3.56. The van der Waals surface area contributed by atoms with Gasteiger partial charge in [0.15, 0.2) is 5.78 Å². The number of allylic oxidation sites excluding steroid dienone is 1. The zero-order valence-electron chi connectivity index (χ0n) is 16.1. The van der Waals surface area contributed by atoms with Crippen molar-refractivity contribution in [1.82, 2.24) is 9.78 Å². The fourth-order valence-electron chi connectivity index (χ4n) is 2.72. The van der Waals surface area contributed by atoms with Gasteiger partial charge in [-0.15, -0.1) is 0 Å². The van der Waals surface area contributed by atoms with Crippen LogP contribution in [0.25, 0.3) is 11.8 Å². The van der Waals surface area contributed by atoms with E-state index in [9.17, 15) is 9.59 Å². The molecule has 0 aliphatic heterocycles. The molecule has 3 rings (SSSR count). The predicted octanol–water partition coefficient (Wildman–Crippen LogP) is 3.86. The number of hydrogen-bond acceptors (Lipinski definition) is 4. The number of benzene rings is 2. The van der Waals surface area contributed by atoms with Crippen LogP contribution in [0.1, 0.15) is 15.9 Å². The summed E-state index contributed by atoms with van der Waals surface area (Å²) in [5.74, 6) is 0.504. The Labute approximate surface area is 164 Å². The number of anilines is 1. The van der Waals surface area contributed by atoms with Gasteiger partial charge in [-0.05, 0) is 56.1 Å². The smallest absolute Gasteiger partial charge is 0.280 e. The van der Waals surface area contributed by atoms with Crippen molar-refractivity contribution in [1.29, 1.82) is 0 Å². The van der Waals surface area contributed by atoms with Crippen LogP contribution in [0.4, 0.5) is 5.82 Å². The molecule has 0 aliphatic carbocycles. The number of carbonyl (C=O) groups is 1. The van der Waals surface area contributed by atoms with Crippen LogP contribution in [0.2, 0.25) is 19.6 Å². The van der Waals surface area contributed by atoms with Crippen molar-refractivity contribution >= 4 is 26.0 Å². The minimum absolute atomic E-state index is 0.199. The Morgan fingerprint density at radius 3 is 2.39 bits per heavy atom. The third-order valence-corrected chi connectivity index (χ3v) is 4.77. The lowest BCUT2D eigenvalue weighted by Gasteiger charge is -2.20. The molecule has 1 heterocycles. The summed E-state index contributed by atoms with van der Waals surface area (Å²) < 4.78 is 7.35. The van der Waals surface area contributed by atoms with E-state index in [0.717, 1.165) is 0 Å². The maximum atomic E-state index is 12.7. The highest BCUT2D eigenvalue weighted by Gasteiger charge is 2.20. The molecule has 3 N–H and O–H groups in total. The molecule has 6 nitrogen and oxygen atoms in total. The van der Waals surface area contributed by atoms with Gasteiger partial charge in [0.25, 0.3) is 5.56 Å².